The van der Waals surface area contributed by atoms with Crippen molar-refractivity contribution in [1.82, 2.24) is 0 Å². The van der Waals surface area contributed by atoms with Crippen molar-refractivity contribution in [3.8, 4) is 11.8 Å². The largest absolute Gasteiger partial charge is 0.402 e. The van der Waals surface area contributed by atoms with E-state index in [4.69, 9.17) is 4.43 Å². The van der Waals surface area contributed by atoms with E-state index >= 15 is 0 Å². The highest BCUT2D eigenvalue weighted by atomic mass is 28.4. The highest BCUT2D eigenvalue weighted by Gasteiger charge is 2.24. The summed E-state index contributed by atoms with van der Waals surface area (Å²) in [7, 11) is -1.48. The molecule has 0 aromatic rings. The summed E-state index contributed by atoms with van der Waals surface area (Å²) in [6.07, 6.45) is 1.59. The quantitative estimate of drug-likeness (QED) is 0.471. The average Bonchev–Trinajstić information content (AvgIpc) is 1.78. The maximum absolute atomic E-state index is 5.84. The molecule has 0 heterocycles. The molecule has 0 unspecified atom stereocenters. The van der Waals surface area contributed by atoms with Gasteiger partial charge in [0.1, 0.15) is 5.60 Å². The fourth-order valence-electron chi connectivity index (χ4n) is 1.02. The minimum Gasteiger partial charge on any atom is -0.402 e. The zero-order valence-electron chi connectivity index (χ0n) is 8.69. The second kappa shape index (κ2) is 3.93. The lowest BCUT2D eigenvalue weighted by molar-refractivity contribution is 0.164. The first-order valence-electron chi connectivity index (χ1n) is 4.11. The Morgan fingerprint density at radius 1 is 1.33 bits per heavy atom. The third-order valence-electron chi connectivity index (χ3n) is 1.04. The Kier molecular flexibility index (Phi) is 3.76. The number of rotatable bonds is 2. The van der Waals surface area contributed by atoms with Crippen LogP contribution in [-0.4, -0.2) is 13.9 Å². The van der Waals surface area contributed by atoms with E-state index in [0.717, 1.165) is 0 Å². The lowest BCUT2D eigenvalue weighted by atomic mass is 10.1. The zero-order chi connectivity index (χ0) is 9.83. The van der Waals surface area contributed by atoms with E-state index < -0.39 is 8.32 Å². The van der Waals surface area contributed by atoms with Gasteiger partial charge in [-0.15, -0.1) is 0 Å². The van der Waals surface area contributed by atoms with Crippen molar-refractivity contribution < 1.29 is 4.43 Å². The van der Waals surface area contributed by atoms with Gasteiger partial charge in [-0.2, -0.15) is 0 Å². The molecule has 0 spiro atoms. The van der Waals surface area contributed by atoms with Gasteiger partial charge in [0.05, 0.1) is 0 Å². The summed E-state index contributed by atoms with van der Waals surface area (Å²) in [5.41, 5.74) is -0.335. The second-order valence-corrected chi connectivity index (χ2v) is 8.63. The molecule has 0 aromatic heterocycles. The van der Waals surface area contributed by atoms with Gasteiger partial charge in [0, 0.05) is 0 Å². The van der Waals surface area contributed by atoms with Gasteiger partial charge in [0.15, 0.2) is 8.32 Å². The summed E-state index contributed by atoms with van der Waals surface area (Å²) in [6.45, 7) is 14.0. The first-order valence-corrected chi connectivity index (χ1v) is 7.51. The predicted molar refractivity (Wildman–Crippen MR) is 56.5 cm³/mol. The van der Waals surface area contributed by atoms with Crippen LogP contribution >= 0.6 is 0 Å². The van der Waals surface area contributed by atoms with Crippen molar-refractivity contribution in [3.63, 3.8) is 0 Å². The molecule has 0 atom stereocenters. The van der Waals surface area contributed by atoms with Crippen LogP contribution in [0.25, 0.3) is 0 Å². The molecule has 0 rings (SSSR count). The fraction of sp³-hybridized carbons (Fsp3) is 0.600. The van der Waals surface area contributed by atoms with Crippen LogP contribution in [0, 0.1) is 11.8 Å². The average molecular weight is 182 g/mol. The van der Waals surface area contributed by atoms with E-state index in [1.807, 2.05) is 13.8 Å². The van der Waals surface area contributed by atoms with Crippen LogP contribution in [0.4, 0.5) is 0 Å². The lowest BCUT2D eigenvalue weighted by Gasteiger charge is -2.28. The molecule has 2 heteroatoms. The highest BCUT2D eigenvalue weighted by molar-refractivity contribution is 6.69. The summed E-state index contributed by atoms with van der Waals surface area (Å²) in [4.78, 5) is 0. The molecule has 0 fully saturated rings. The van der Waals surface area contributed by atoms with Crippen molar-refractivity contribution >= 4 is 8.32 Å². The first-order chi connectivity index (χ1) is 5.27. The molecule has 0 saturated heterocycles. The van der Waals surface area contributed by atoms with Crippen LogP contribution in [0.3, 0.4) is 0 Å². The topological polar surface area (TPSA) is 9.23 Å². The molecule has 0 amide bonds. The summed E-state index contributed by atoms with van der Waals surface area (Å²) >= 11 is 0. The van der Waals surface area contributed by atoms with Crippen molar-refractivity contribution in [3.05, 3.63) is 12.7 Å². The Labute approximate surface area is 77.0 Å². The van der Waals surface area contributed by atoms with Gasteiger partial charge in [-0.25, -0.2) is 0 Å². The van der Waals surface area contributed by atoms with Gasteiger partial charge in [-0.3, -0.25) is 0 Å². The lowest BCUT2D eigenvalue weighted by Crippen LogP contribution is -2.37. The molecule has 1 nitrogen and oxygen atoms in total. The fourth-order valence-corrected chi connectivity index (χ4v) is 2.60. The monoisotopic (exact) mass is 182 g/mol. The van der Waals surface area contributed by atoms with E-state index in [0.29, 0.717) is 0 Å². The van der Waals surface area contributed by atoms with Crippen molar-refractivity contribution in [2.24, 2.45) is 0 Å². The summed E-state index contributed by atoms with van der Waals surface area (Å²) < 4.78 is 5.84. The Morgan fingerprint density at radius 3 is 2.17 bits per heavy atom. The number of hydrogen-bond acceptors (Lipinski definition) is 1. The van der Waals surface area contributed by atoms with Crippen molar-refractivity contribution in [1.29, 1.82) is 0 Å². The third kappa shape index (κ3) is 6.20. The van der Waals surface area contributed by atoms with E-state index in [1.165, 1.54) is 0 Å². The molecular formula is C10H18OSi. The van der Waals surface area contributed by atoms with Gasteiger partial charge >= 0.3 is 0 Å². The summed E-state index contributed by atoms with van der Waals surface area (Å²) in [5.74, 6) is 5.83. The van der Waals surface area contributed by atoms with Crippen LogP contribution < -0.4 is 0 Å². The van der Waals surface area contributed by atoms with Crippen molar-refractivity contribution in [2.75, 3.05) is 0 Å². The summed E-state index contributed by atoms with van der Waals surface area (Å²) in [5, 5.41) is 0. The standard InChI is InChI=1S/C10H18OSi/c1-7-8-9-10(2,3)11-12(4,5)6/h7H,1H2,2-6H3. The van der Waals surface area contributed by atoms with Crippen molar-refractivity contribution in [2.45, 2.75) is 39.1 Å². The normalized spacial score (nSPS) is 11.8. The minimum absolute atomic E-state index is 0.335. The summed E-state index contributed by atoms with van der Waals surface area (Å²) in [6, 6.07) is 0. The van der Waals surface area contributed by atoms with Crippen LogP contribution in [0.15, 0.2) is 12.7 Å². The first kappa shape index (κ1) is 11.5. The van der Waals surface area contributed by atoms with Gasteiger partial charge in [-0.1, -0.05) is 18.4 Å². The van der Waals surface area contributed by atoms with E-state index in [-0.39, 0.29) is 5.60 Å². The molecule has 0 aliphatic heterocycles. The van der Waals surface area contributed by atoms with E-state index in [9.17, 15) is 0 Å². The molecule has 0 radical (unpaired) electrons. The van der Waals surface area contributed by atoms with Gasteiger partial charge in [0.2, 0.25) is 0 Å². The van der Waals surface area contributed by atoms with E-state index in [1.54, 1.807) is 6.08 Å². The molecule has 0 bridgehead atoms. The zero-order valence-corrected chi connectivity index (χ0v) is 9.69. The third-order valence-corrected chi connectivity index (χ3v) is 2.16. The van der Waals surface area contributed by atoms with E-state index in [2.05, 4.69) is 38.1 Å². The van der Waals surface area contributed by atoms with Gasteiger partial charge < -0.3 is 4.43 Å². The Balaban J connectivity index is 4.32. The Morgan fingerprint density at radius 2 is 1.83 bits per heavy atom. The minimum atomic E-state index is -1.48. The molecule has 0 N–H and O–H groups in total. The number of hydrogen-bond donors (Lipinski definition) is 0. The smallest absolute Gasteiger partial charge is 0.185 e. The van der Waals surface area contributed by atoms with Crippen LogP contribution in [0.5, 0.6) is 0 Å². The molecule has 0 aliphatic rings. The molecule has 68 valence electrons. The maximum Gasteiger partial charge on any atom is 0.185 e. The highest BCUT2D eigenvalue weighted by Crippen LogP contribution is 2.15. The molecular weight excluding hydrogens is 164 g/mol. The molecule has 0 aliphatic carbocycles. The molecule has 0 saturated carbocycles. The van der Waals surface area contributed by atoms with Crippen LogP contribution in [0.2, 0.25) is 19.6 Å². The SMILES string of the molecule is C=CC#CC(C)(C)O[Si](C)(C)C. The Bertz CT molecular complexity index is 212. The maximum atomic E-state index is 5.84. The molecule has 0 aromatic carbocycles. The second-order valence-electron chi connectivity index (χ2n) is 4.20. The van der Waals surface area contributed by atoms with Crippen LogP contribution in [-0.2, 0) is 4.43 Å². The van der Waals surface area contributed by atoms with Crippen LogP contribution in [0.1, 0.15) is 13.8 Å². The number of allylic oxidation sites excluding steroid dienone is 1. The van der Waals surface area contributed by atoms with Gasteiger partial charge in [0.25, 0.3) is 0 Å². The molecule has 12 heavy (non-hydrogen) atoms. The van der Waals surface area contributed by atoms with Gasteiger partial charge in [-0.05, 0) is 39.6 Å². The predicted octanol–water partition coefficient (Wildman–Crippen LogP) is 2.81. The Hall–Kier alpha value is -0.523.